The molecule has 0 bridgehead atoms. The van der Waals surface area contributed by atoms with Crippen LogP contribution in [-0.2, 0) is 21.4 Å². The van der Waals surface area contributed by atoms with Crippen molar-refractivity contribution in [3.05, 3.63) is 83.7 Å². The van der Waals surface area contributed by atoms with Crippen molar-refractivity contribution in [2.45, 2.75) is 18.4 Å². The summed E-state index contributed by atoms with van der Waals surface area (Å²) < 4.78 is 51.4. The molecule has 33 heavy (non-hydrogen) atoms. The summed E-state index contributed by atoms with van der Waals surface area (Å²) in [5.74, 6) is 0.0208. The second-order valence-corrected chi connectivity index (χ2v) is 9.13. The molecule has 0 aliphatic heterocycles. The first-order valence-electron chi connectivity index (χ1n) is 10.1. The summed E-state index contributed by atoms with van der Waals surface area (Å²) >= 11 is 0. The molecule has 0 unspecified atom stereocenters. The third kappa shape index (κ3) is 5.81. The molecule has 0 aromatic heterocycles. The topological polar surface area (TPSA) is 84.9 Å². The molecule has 1 amide bonds. The number of nitrogens with zero attached hydrogens (tertiary/aromatic N) is 1. The summed E-state index contributed by atoms with van der Waals surface area (Å²) in [4.78, 5) is 12.6. The number of halogens is 1. The number of benzene rings is 3. The predicted molar refractivity (Wildman–Crippen MR) is 124 cm³/mol. The van der Waals surface area contributed by atoms with Gasteiger partial charge < -0.3 is 14.8 Å². The van der Waals surface area contributed by atoms with Crippen LogP contribution in [0.4, 0.5) is 10.1 Å². The van der Waals surface area contributed by atoms with E-state index in [2.05, 4.69) is 5.32 Å². The lowest BCUT2D eigenvalue weighted by molar-refractivity contribution is -0.119. The van der Waals surface area contributed by atoms with Gasteiger partial charge in [0, 0.05) is 6.54 Å². The van der Waals surface area contributed by atoms with Crippen LogP contribution in [-0.4, -0.2) is 35.1 Å². The number of methoxy groups -OCH3 is 2. The number of ether oxygens (including phenoxy) is 2. The Bertz CT molecular complexity index is 1210. The minimum absolute atomic E-state index is 0.114. The predicted octanol–water partition coefficient (Wildman–Crippen LogP) is 3.66. The molecule has 0 saturated carbocycles. The summed E-state index contributed by atoms with van der Waals surface area (Å²) in [6.07, 6.45) is 0. The van der Waals surface area contributed by atoms with Crippen LogP contribution in [0.2, 0.25) is 0 Å². The Hall–Kier alpha value is -3.59. The highest BCUT2D eigenvalue weighted by Gasteiger charge is 2.27. The summed E-state index contributed by atoms with van der Waals surface area (Å²) in [7, 11) is -1.07. The lowest BCUT2D eigenvalue weighted by Gasteiger charge is -2.24. The van der Waals surface area contributed by atoms with E-state index in [1.807, 2.05) is 6.92 Å². The first-order chi connectivity index (χ1) is 15.7. The number of hydrogen-bond acceptors (Lipinski definition) is 5. The molecule has 0 aliphatic rings. The zero-order valence-corrected chi connectivity index (χ0v) is 19.4. The van der Waals surface area contributed by atoms with Gasteiger partial charge in [0.1, 0.15) is 12.4 Å². The lowest BCUT2D eigenvalue weighted by atomic mass is 10.2. The average Bonchev–Trinajstić information content (AvgIpc) is 2.81. The van der Waals surface area contributed by atoms with Crippen LogP contribution in [0.15, 0.2) is 71.6 Å². The van der Waals surface area contributed by atoms with E-state index in [-0.39, 0.29) is 11.4 Å². The van der Waals surface area contributed by atoms with E-state index in [4.69, 9.17) is 9.47 Å². The smallest absolute Gasteiger partial charge is 0.264 e. The quantitative estimate of drug-likeness (QED) is 0.514. The van der Waals surface area contributed by atoms with Gasteiger partial charge in [0.25, 0.3) is 10.0 Å². The van der Waals surface area contributed by atoms with E-state index in [0.29, 0.717) is 17.2 Å². The number of anilines is 1. The Labute approximate surface area is 192 Å². The van der Waals surface area contributed by atoms with E-state index in [0.717, 1.165) is 27.6 Å². The van der Waals surface area contributed by atoms with Gasteiger partial charge in [-0.05, 0) is 61.0 Å². The molecule has 3 aromatic rings. The van der Waals surface area contributed by atoms with E-state index in [9.17, 15) is 17.6 Å². The molecule has 3 aromatic carbocycles. The summed E-state index contributed by atoms with van der Waals surface area (Å²) in [6.45, 7) is 1.59. The van der Waals surface area contributed by atoms with Crippen molar-refractivity contribution in [2.75, 3.05) is 25.1 Å². The fourth-order valence-electron chi connectivity index (χ4n) is 3.14. The number of carbonyl (C=O) groups excluding carboxylic acids is 1. The van der Waals surface area contributed by atoms with Gasteiger partial charge in [0.15, 0.2) is 11.5 Å². The highest BCUT2D eigenvalue weighted by molar-refractivity contribution is 7.92. The Kier molecular flexibility index (Phi) is 7.55. The Balaban J connectivity index is 1.82. The van der Waals surface area contributed by atoms with Gasteiger partial charge >= 0.3 is 0 Å². The van der Waals surface area contributed by atoms with Crippen molar-refractivity contribution < 1.29 is 27.1 Å². The molecule has 0 spiro atoms. The monoisotopic (exact) mass is 472 g/mol. The highest BCUT2D eigenvalue weighted by Crippen LogP contribution is 2.28. The van der Waals surface area contributed by atoms with Crippen LogP contribution >= 0.6 is 0 Å². The lowest BCUT2D eigenvalue weighted by Crippen LogP contribution is -2.40. The maximum absolute atomic E-state index is 13.3. The van der Waals surface area contributed by atoms with Gasteiger partial charge in [-0.15, -0.1) is 0 Å². The van der Waals surface area contributed by atoms with Gasteiger partial charge in [-0.2, -0.15) is 0 Å². The van der Waals surface area contributed by atoms with Crippen LogP contribution in [0.3, 0.4) is 0 Å². The summed E-state index contributed by atoms with van der Waals surface area (Å²) in [5, 5.41) is 2.73. The van der Waals surface area contributed by atoms with Gasteiger partial charge in [-0.1, -0.05) is 23.8 Å². The number of sulfonamides is 1. The molecule has 0 radical (unpaired) electrons. The second-order valence-electron chi connectivity index (χ2n) is 7.27. The van der Waals surface area contributed by atoms with E-state index >= 15 is 0 Å². The molecule has 9 heteroatoms. The number of rotatable bonds is 9. The molecule has 0 heterocycles. The van der Waals surface area contributed by atoms with Crippen molar-refractivity contribution in [2.24, 2.45) is 0 Å². The van der Waals surface area contributed by atoms with Crippen molar-refractivity contribution in [1.82, 2.24) is 5.32 Å². The van der Waals surface area contributed by atoms with Crippen LogP contribution in [0, 0.1) is 12.7 Å². The average molecular weight is 473 g/mol. The first-order valence-corrected chi connectivity index (χ1v) is 11.5. The van der Waals surface area contributed by atoms with Crippen molar-refractivity contribution >= 4 is 21.6 Å². The molecule has 3 rings (SSSR count). The molecular formula is C24H25FN2O5S. The Morgan fingerprint density at radius 1 is 0.939 bits per heavy atom. The maximum Gasteiger partial charge on any atom is 0.264 e. The first kappa shape index (κ1) is 24.1. The third-order valence-electron chi connectivity index (χ3n) is 4.95. The molecule has 1 N–H and O–H groups in total. The van der Waals surface area contributed by atoms with Crippen LogP contribution in [0.5, 0.6) is 11.5 Å². The number of hydrogen-bond donors (Lipinski definition) is 1. The van der Waals surface area contributed by atoms with Gasteiger partial charge in [0.05, 0.1) is 24.8 Å². The molecular weight excluding hydrogens is 447 g/mol. The van der Waals surface area contributed by atoms with Crippen molar-refractivity contribution in [3.8, 4) is 11.5 Å². The number of aryl methyl sites for hydroxylation is 1. The zero-order chi connectivity index (χ0) is 24.0. The fourth-order valence-corrected chi connectivity index (χ4v) is 4.56. The Morgan fingerprint density at radius 3 is 2.18 bits per heavy atom. The highest BCUT2D eigenvalue weighted by atomic mass is 32.2. The van der Waals surface area contributed by atoms with Gasteiger partial charge in [0.2, 0.25) is 5.91 Å². The van der Waals surface area contributed by atoms with E-state index < -0.39 is 28.3 Å². The number of carbonyl (C=O) groups is 1. The van der Waals surface area contributed by atoms with Gasteiger partial charge in [-0.3, -0.25) is 9.10 Å². The summed E-state index contributed by atoms with van der Waals surface area (Å²) in [6, 6.07) is 16.5. The molecule has 0 aliphatic carbocycles. The number of nitrogens with one attached hydrogen (secondary N) is 1. The maximum atomic E-state index is 13.3. The second kappa shape index (κ2) is 10.4. The minimum Gasteiger partial charge on any atom is -0.493 e. The normalized spacial score (nSPS) is 11.0. The fraction of sp³-hybridized carbons (Fsp3) is 0.208. The van der Waals surface area contributed by atoms with Gasteiger partial charge in [-0.25, -0.2) is 12.8 Å². The number of amides is 1. The largest absolute Gasteiger partial charge is 0.493 e. The molecule has 0 saturated heterocycles. The van der Waals surface area contributed by atoms with E-state index in [1.165, 1.54) is 26.4 Å². The van der Waals surface area contributed by atoms with Crippen molar-refractivity contribution in [1.29, 1.82) is 0 Å². The molecule has 0 atom stereocenters. The molecule has 7 nitrogen and oxygen atoms in total. The van der Waals surface area contributed by atoms with Crippen LogP contribution in [0.1, 0.15) is 11.1 Å². The zero-order valence-electron chi connectivity index (χ0n) is 18.5. The standard InChI is InChI=1S/C24H25FN2O5S/c1-17-4-9-20(10-5-17)27(33(29,30)21-11-7-19(25)8-12-21)16-24(28)26-15-18-6-13-22(31-2)23(14-18)32-3/h4-14H,15-16H2,1-3H3,(H,26,28). The SMILES string of the molecule is COc1ccc(CNC(=O)CN(c2ccc(C)cc2)S(=O)(=O)c2ccc(F)cc2)cc1OC. The molecule has 174 valence electrons. The van der Waals surface area contributed by atoms with Crippen LogP contribution in [0.25, 0.3) is 0 Å². The Morgan fingerprint density at radius 2 is 1.58 bits per heavy atom. The third-order valence-corrected chi connectivity index (χ3v) is 6.74. The van der Waals surface area contributed by atoms with E-state index in [1.54, 1.807) is 42.5 Å². The van der Waals surface area contributed by atoms with Crippen molar-refractivity contribution in [3.63, 3.8) is 0 Å². The van der Waals surface area contributed by atoms with Crippen LogP contribution < -0.4 is 19.1 Å². The molecule has 0 fully saturated rings. The summed E-state index contributed by atoms with van der Waals surface area (Å²) in [5.41, 5.74) is 2.02. The minimum atomic E-state index is -4.11.